The Labute approximate surface area is 188 Å². The van der Waals surface area contributed by atoms with E-state index in [0.29, 0.717) is 0 Å². The third-order valence-corrected chi connectivity index (χ3v) is 8.10. The van der Waals surface area contributed by atoms with Crippen LogP contribution in [0.25, 0.3) is 0 Å². The number of amides is 4. The second-order valence-corrected chi connectivity index (χ2v) is 10.0. The summed E-state index contributed by atoms with van der Waals surface area (Å²) in [7, 11) is 3.52. The predicted octanol–water partition coefficient (Wildman–Crippen LogP) is 2.44. The molecule has 0 spiro atoms. The lowest BCUT2D eigenvalue weighted by atomic mass is 9.94. The van der Waals surface area contributed by atoms with E-state index in [0.717, 1.165) is 51.4 Å². The summed E-state index contributed by atoms with van der Waals surface area (Å²) in [4.78, 5) is 32.7. The maximum Gasteiger partial charge on any atom is 0.324 e. The standard InChI is InChI=1S/C22H34N4O6/c1-23-15-17(25(21(23)27)13-9-5-3-6-10-13)31-19(29-15)20-30-16-18(32-20)26(22(28)24(16)2)14-11-7-4-8-12-14/h13-20H,3-12H2,1-2H3/t15-,16-,17-,18+,19+,20+/m1/s1. The van der Waals surface area contributed by atoms with Gasteiger partial charge in [-0.15, -0.1) is 0 Å². The van der Waals surface area contributed by atoms with Gasteiger partial charge in [-0.1, -0.05) is 38.5 Å². The minimum absolute atomic E-state index is 0.0377. The van der Waals surface area contributed by atoms with Crippen molar-refractivity contribution in [3.63, 3.8) is 0 Å². The first-order valence-corrected chi connectivity index (χ1v) is 12.3. The van der Waals surface area contributed by atoms with E-state index in [1.54, 1.807) is 23.9 Å². The number of carbonyl (C=O) groups is 2. The van der Waals surface area contributed by atoms with Crippen LogP contribution in [0.15, 0.2) is 0 Å². The fourth-order valence-electron chi connectivity index (χ4n) is 6.36. The molecule has 2 saturated carbocycles. The number of fused-ring (bicyclic) bond motifs is 2. The Morgan fingerprint density at radius 3 is 1.28 bits per heavy atom. The van der Waals surface area contributed by atoms with E-state index in [1.807, 2.05) is 9.80 Å². The van der Waals surface area contributed by atoms with Gasteiger partial charge in [-0.25, -0.2) is 9.59 Å². The van der Waals surface area contributed by atoms with Gasteiger partial charge in [-0.3, -0.25) is 19.6 Å². The van der Waals surface area contributed by atoms with Crippen molar-refractivity contribution in [1.82, 2.24) is 19.6 Å². The van der Waals surface area contributed by atoms with Gasteiger partial charge in [0.25, 0.3) is 0 Å². The summed E-state index contributed by atoms with van der Waals surface area (Å²) in [6, 6.07) is 0.298. The third kappa shape index (κ3) is 3.13. The monoisotopic (exact) mass is 450 g/mol. The van der Waals surface area contributed by atoms with Crippen LogP contribution in [0.1, 0.15) is 64.2 Å². The van der Waals surface area contributed by atoms with Gasteiger partial charge in [0.15, 0.2) is 24.9 Å². The second-order valence-electron chi connectivity index (χ2n) is 10.0. The molecule has 4 aliphatic heterocycles. The first-order chi connectivity index (χ1) is 15.5. The highest BCUT2D eigenvalue weighted by molar-refractivity contribution is 5.78. The molecule has 6 fully saturated rings. The Hall–Kier alpha value is -1.62. The summed E-state index contributed by atoms with van der Waals surface area (Å²) in [5, 5.41) is 0. The topological polar surface area (TPSA) is 84.0 Å². The van der Waals surface area contributed by atoms with Gasteiger partial charge in [0.05, 0.1) is 0 Å². The number of urea groups is 2. The minimum Gasteiger partial charge on any atom is -0.319 e. The molecule has 2 aliphatic carbocycles. The smallest absolute Gasteiger partial charge is 0.319 e. The molecule has 0 aromatic rings. The maximum absolute atomic E-state index is 12.9. The van der Waals surface area contributed by atoms with Gasteiger partial charge >= 0.3 is 12.1 Å². The van der Waals surface area contributed by atoms with Crippen LogP contribution in [0, 0.1) is 0 Å². The molecule has 6 atom stereocenters. The number of rotatable bonds is 3. The van der Waals surface area contributed by atoms with E-state index in [9.17, 15) is 9.59 Å². The Kier molecular flexibility index (Phi) is 5.24. The summed E-state index contributed by atoms with van der Waals surface area (Å²) < 4.78 is 24.8. The van der Waals surface area contributed by atoms with Crippen LogP contribution in [0.4, 0.5) is 9.59 Å². The number of hydrogen-bond acceptors (Lipinski definition) is 6. The second kappa shape index (κ2) is 8.00. The van der Waals surface area contributed by atoms with Crippen LogP contribution < -0.4 is 0 Å². The van der Waals surface area contributed by atoms with E-state index in [1.165, 1.54) is 12.8 Å². The predicted molar refractivity (Wildman–Crippen MR) is 111 cm³/mol. The summed E-state index contributed by atoms with van der Waals surface area (Å²) in [5.74, 6) is 0. The van der Waals surface area contributed by atoms with E-state index in [4.69, 9.17) is 18.9 Å². The van der Waals surface area contributed by atoms with Crippen LogP contribution >= 0.6 is 0 Å². The quantitative estimate of drug-likeness (QED) is 0.657. The lowest BCUT2D eigenvalue weighted by Gasteiger charge is -2.34. The lowest BCUT2D eigenvalue weighted by Crippen LogP contribution is -2.47. The van der Waals surface area contributed by atoms with Crippen LogP contribution in [0.5, 0.6) is 0 Å². The van der Waals surface area contributed by atoms with Crippen molar-refractivity contribution in [3.05, 3.63) is 0 Å². The molecule has 4 amide bonds. The van der Waals surface area contributed by atoms with Gasteiger partial charge in [0.1, 0.15) is 0 Å². The van der Waals surface area contributed by atoms with Gasteiger partial charge in [0.2, 0.25) is 12.6 Å². The van der Waals surface area contributed by atoms with Gasteiger partial charge < -0.3 is 18.9 Å². The highest BCUT2D eigenvalue weighted by Gasteiger charge is 2.60. The van der Waals surface area contributed by atoms with Crippen molar-refractivity contribution in [3.8, 4) is 0 Å². The zero-order chi connectivity index (χ0) is 22.0. The number of likely N-dealkylation sites (N-methyl/N-ethyl adjacent to an activating group) is 2. The minimum atomic E-state index is -0.742. The van der Waals surface area contributed by atoms with Crippen molar-refractivity contribution in [2.24, 2.45) is 0 Å². The molecule has 0 aromatic heterocycles. The summed E-state index contributed by atoms with van der Waals surface area (Å²) in [6.45, 7) is 0. The zero-order valence-corrected chi connectivity index (χ0v) is 18.9. The van der Waals surface area contributed by atoms with E-state index < -0.39 is 37.5 Å². The maximum atomic E-state index is 12.9. The van der Waals surface area contributed by atoms with Crippen LogP contribution in [-0.4, -0.2) is 95.3 Å². The highest BCUT2D eigenvalue weighted by Crippen LogP contribution is 2.42. The molecule has 0 bridgehead atoms. The summed E-state index contributed by atoms with van der Waals surface area (Å²) in [6.07, 6.45) is 7.63. The van der Waals surface area contributed by atoms with Gasteiger partial charge in [0, 0.05) is 26.2 Å². The van der Waals surface area contributed by atoms with Gasteiger partial charge in [-0.2, -0.15) is 0 Å². The van der Waals surface area contributed by atoms with Crippen molar-refractivity contribution in [1.29, 1.82) is 0 Å². The lowest BCUT2D eigenvalue weighted by molar-refractivity contribution is -0.243. The molecule has 6 aliphatic rings. The molecule has 32 heavy (non-hydrogen) atoms. The van der Waals surface area contributed by atoms with Gasteiger partial charge in [-0.05, 0) is 25.7 Å². The molecule has 0 aromatic carbocycles. The molecule has 4 heterocycles. The van der Waals surface area contributed by atoms with Crippen LogP contribution in [0.3, 0.4) is 0 Å². The van der Waals surface area contributed by atoms with Crippen molar-refractivity contribution < 1.29 is 28.5 Å². The molecular weight excluding hydrogens is 416 g/mol. The van der Waals surface area contributed by atoms with E-state index in [-0.39, 0.29) is 24.1 Å². The van der Waals surface area contributed by atoms with Crippen molar-refractivity contribution in [2.75, 3.05) is 14.1 Å². The van der Waals surface area contributed by atoms with Crippen LogP contribution in [-0.2, 0) is 18.9 Å². The fourth-order valence-corrected chi connectivity index (χ4v) is 6.36. The first kappa shape index (κ1) is 20.9. The SMILES string of the molecule is CN1C(=O)N(C2CCCCC2)[C@@H]2O[C@@H]([C@H]3O[C@@H]4[C@H](O3)N(C3CCCCC3)C(=O)N4C)O[C@H]21. The van der Waals surface area contributed by atoms with E-state index >= 15 is 0 Å². The Bertz CT molecular complexity index is 695. The summed E-state index contributed by atoms with van der Waals surface area (Å²) in [5.41, 5.74) is 0. The first-order valence-electron chi connectivity index (χ1n) is 12.3. The number of nitrogens with zero attached hydrogens (tertiary/aromatic N) is 4. The number of ether oxygens (including phenoxy) is 4. The van der Waals surface area contributed by atoms with E-state index in [2.05, 4.69) is 0 Å². The number of carbonyl (C=O) groups excluding carboxylic acids is 2. The van der Waals surface area contributed by atoms with Crippen molar-refractivity contribution in [2.45, 2.75) is 114 Å². The molecule has 10 heteroatoms. The Morgan fingerprint density at radius 2 is 0.906 bits per heavy atom. The average Bonchev–Trinajstić information content (AvgIpc) is 3.54. The molecular formula is C22H34N4O6. The Balaban J connectivity index is 1.16. The molecule has 0 unspecified atom stereocenters. The average molecular weight is 451 g/mol. The molecule has 0 N–H and O–H groups in total. The fraction of sp³-hybridized carbons (Fsp3) is 0.909. The van der Waals surface area contributed by atoms with Crippen molar-refractivity contribution >= 4 is 12.1 Å². The number of hydrogen-bond donors (Lipinski definition) is 0. The zero-order valence-electron chi connectivity index (χ0n) is 18.9. The molecule has 0 radical (unpaired) electrons. The third-order valence-electron chi connectivity index (χ3n) is 8.10. The largest absolute Gasteiger partial charge is 0.324 e. The van der Waals surface area contributed by atoms with Crippen LogP contribution in [0.2, 0.25) is 0 Å². The highest BCUT2D eigenvalue weighted by atomic mass is 16.8. The molecule has 178 valence electrons. The molecule has 10 nitrogen and oxygen atoms in total. The molecule has 6 rings (SSSR count). The Morgan fingerprint density at radius 1 is 0.562 bits per heavy atom. The summed E-state index contributed by atoms with van der Waals surface area (Å²) >= 11 is 0. The normalized spacial score (nSPS) is 41.2. The molecule has 4 saturated heterocycles.